The van der Waals surface area contributed by atoms with E-state index in [2.05, 4.69) is 0 Å². The molecule has 108 valence electrons. The molecule has 0 radical (unpaired) electrons. The van der Waals surface area contributed by atoms with Gasteiger partial charge in [-0.05, 0) is 30.5 Å². The molecule has 0 bridgehead atoms. The minimum absolute atomic E-state index is 0.0446. The van der Waals surface area contributed by atoms with E-state index in [0.29, 0.717) is 25.9 Å². The first kappa shape index (κ1) is 14.5. The number of amides is 1. The Balaban J connectivity index is 1.78. The van der Waals surface area contributed by atoms with E-state index >= 15 is 0 Å². The molecule has 1 aliphatic heterocycles. The van der Waals surface area contributed by atoms with Crippen molar-refractivity contribution in [2.45, 2.75) is 26.4 Å². The van der Waals surface area contributed by atoms with Crippen LogP contribution < -0.4 is 0 Å². The van der Waals surface area contributed by atoms with Gasteiger partial charge in [0.05, 0.1) is 5.92 Å². The Morgan fingerprint density at radius 2 is 1.85 bits per heavy atom. The molecule has 1 heterocycles. The second kappa shape index (κ2) is 6.50. The van der Waals surface area contributed by atoms with Gasteiger partial charge in [0.25, 0.3) is 0 Å². The molecule has 1 aromatic carbocycles. The maximum atomic E-state index is 12.7. The van der Waals surface area contributed by atoms with E-state index in [4.69, 9.17) is 4.74 Å². The van der Waals surface area contributed by atoms with Crippen LogP contribution in [0.5, 0.6) is 0 Å². The van der Waals surface area contributed by atoms with Crippen LogP contribution in [0.4, 0.5) is 4.39 Å². The fourth-order valence-electron chi connectivity index (χ4n) is 2.28. The van der Waals surface area contributed by atoms with Gasteiger partial charge in [-0.3, -0.25) is 9.59 Å². The second-order valence-corrected chi connectivity index (χ2v) is 5.01. The summed E-state index contributed by atoms with van der Waals surface area (Å²) in [5, 5.41) is 0. The highest BCUT2D eigenvalue weighted by atomic mass is 19.1. The zero-order valence-electron chi connectivity index (χ0n) is 11.5. The number of esters is 1. The summed E-state index contributed by atoms with van der Waals surface area (Å²) in [5.74, 6) is -0.650. The third-order valence-electron chi connectivity index (χ3n) is 3.57. The molecule has 0 unspecified atom stereocenters. The largest absolute Gasteiger partial charge is 0.461 e. The monoisotopic (exact) mass is 279 g/mol. The standard InChI is InChI=1S/C15H18FNO3/c1-11(18)17-8-6-13(7-9-17)15(19)20-10-12-2-4-14(16)5-3-12/h2-5,13H,6-10H2,1H3. The van der Waals surface area contributed by atoms with Crippen LogP contribution in [0.1, 0.15) is 25.3 Å². The number of carbonyl (C=O) groups excluding carboxylic acids is 2. The Hall–Kier alpha value is -1.91. The number of ether oxygens (including phenoxy) is 1. The van der Waals surface area contributed by atoms with Crippen LogP contribution in [0.2, 0.25) is 0 Å². The molecule has 1 amide bonds. The number of piperidine rings is 1. The summed E-state index contributed by atoms with van der Waals surface area (Å²) in [4.78, 5) is 24.8. The summed E-state index contributed by atoms with van der Waals surface area (Å²) < 4.78 is 18.0. The van der Waals surface area contributed by atoms with Gasteiger partial charge < -0.3 is 9.64 Å². The number of likely N-dealkylation sites (tertiary alicyclic amines) is 1. The van der Waals surface area contributed by atoms with Crippen LogP contribution in [-0.4, -0.2) is 29.9 Å². The van der Waals surface area contributed by atoms with Crippen molar-refractivity contribution in [3.05, 3.63) is 35.6 Å². The summed E-state index contributed by atoms with van der Waals surface area (Å²) in [7, 11) is 0. The van der Waals surface area contributed by atoms with Crippen LogP contribution in [0.15, 0.2) is 24.3 Å². The van der Waals surface area contributed by atoms with Gasteiger partial charge in [-0.25, -0.2) is 4.39 Å². The predicted molar refractivity (Wildman–Crippen MR) is 71.2 cm³/mol. The van der Waals surface area contributed by atoms with E-state index in [0.717, 1.165) is 5.56 Å². The summed E-state index contributed by atoms with van der Waals surface area (Å²) in [6.45, 7) is 2.90. The lowest BCUT2D eigenvalue weighted by Crippen LogP contribution is -2.39. The summed E-state index contributed by atoms with van der Waals surface area (Å²) in [6, 6.07) is 5.88. The van der Waals surface area contributed by atoms with Gasteiger partial charge in [0.15, 0.2) is 0 Å². The van der Waals surface area contributed by atoms with E-state index in [1.807, 2.05) is 0 Å². The van der Waals surface area contributed by atoms with Crippen LogP contribution in [0, 0.1) is 11.7 Å². The zero-order chi connectivity index (χ0) is 14.5. The van der Waals surface area contributed by atoms with Crippen molar-refractivity contribution in [2.24, 2.45) is 5.92 Å². The van der Waals surface area contributed by atoms with E-state index in [9.17, 15) is 14.0 Å². The molecule has 0 aromatic heterocycles. The van der Waals surface area contributed by atoms with Crippen LogP contribution in [0.3, 0.4) is 0 Å². The lowest BCUT2D eigenvalue weighted by molar-refractivity contribution is -0.152. The lowest BCUT2D eigenvalue weighted by atomic mass is 9.97. The number of benzene rings is 1. The Labute approximate surface area is 117 Å². The SMILES string of the molecule is CC(=O)N1CCC(C(=O)OCc2ccc(F)cc2)CC1. The molecule has 0 atom stereocenters. The Bertz CT molecular complexity index is 478. The third-order valence-corrected chi connectivity index (χ3v) is 3.57. The molecule has 2 rings (SSSR count). The summed E-state index contributed by atoms with van der Waals surface area (Å²) in [5.41, 5.74) is 0.765. The van der Waals surface area contributed by atoms with Crippen LogP contribution in [0.25, 0.3) is 0 Å². The fourth-order valence-corrected chi connectivity index (χ4v) is 2.28. The van der Waals surface area contributed by atoms with Gasteiger partial charge in [-0.1, -0.05) is 12.1 Å². The van der Waals surface area contributed by atoms with E-state index in [-0.39, 0.29) is 30.2 Å². The number of nitrogens with zero attached hydrogens (tertiary/aromatic N) is 1. The fraction of sp³-hybridized carbons (Fsp3) is 0.467. The first-order chi connectivity index (χ1) is 9.56. The van der Waals surface area contributed by atoms with Gasteiger partial charge in [-0.15, -0.1) is 0 Å². The quantitative estimate of drug-likeness (QED) is 0.796. The number of carbonyl (C=O) groups is 2. The molecule has 0 aliphatic carbocycles. The predicted octanol–water partition coefficient (Wildman–Crippen LogP) is 2.13. The highest BCUT2D eigenvalue weighted by Crippen LogP contribution is 2.19. The third kappa shape index (κ3) is 3.79. The molecular weight excluding hydrogens is 261 g/mol. The molecule has 0 spiro atoms. The molecule has 4 nitrogen and oxygen atoms in total. The minimum Gasteiger partial charge on any atom is -0.461 e. The first-order valence-corrected chi connectivity index (χ1v) is 6.73. The van der Waals surface area contributed by atoms with Crippen molar-refractivity contribution in [2.75, 3.05) is 13.1 Å². The van der Waals surface area contributed by atoms with E-state index < -0.39 is 0 Å². The number of hydrogen-bond acceptors (Lipinski definition) is 3. The van der Waals surface area contributed by atoms with Crippen LogP contribution >= 0.6 is 0 Å². The van der Waals surface area contributed by atoms with Crippen molar-refractivity contribution in [3.63, 3.8) is 0 Å². The van der Waals surface area contributed by atoms with E-state index in [1.165, 1.54) is 19.1 Å². The molecule has 1 fully saturated rings. The average molecular weight is 279 g/mol. The summed E-state index contributed by atoms with van der Waals surface area (Å²) >= 11 is 0. The number of halogens is 1. The van der Waals surface area contributed by atoms with Crippen molar-refractivity contribution in [1.29, 1.82) is 0 Å². The number of hydrogen-bond donors (Lipinski definition) is 0. The normalized spacial score (nSPS) is 16.0. The van der Waals surface area contributed by atoms with Crippen LogP contribution in [-0.2, 0) is 20.9 Å². The Morgan fingerprint density at radius 3 is 2.40 bits per heavy atom. The maximum Gasteiger partial charge on any atom is 0.309 e. The molecule has 20 heavy (non-hydrogen) atoms. The molecule has 5 heteroatoms. The zero-order valence-corrected chi connectivity index (χ0v) is 11.5. The Morgan fingerprint density at radius 1 is 1.25 bits per heavy atom. The smallest absolute Gasteiger partial charge is 0.309 e. The van der Waals surface area contributed by atoms with Crippen molar-refractivity contribution in [3.8, 4) is 0 Å². The lowest BCUT2D eigenvalue weighted by Gasteiger charge is -2.30. The molecule has 0 N–H and O–H groups in total. The molecule has 1 saturated heterocycles. The molecule has 1 aromatic rings. The van der Waals surface area contributed by atoms with Crippen molar-refractivity contribution in [1.82, 2.24) is 4.90 Å². The summed E-state index contributed by atoms with van der Waals surface area (Å²) in [6.07, 6.45) is 1.28. The highest BCUT2D eigenvalue weighted by molar-refractivity contribution is 5.75. The molecular formula is C15H18FNO3. The highest BCUT2D eigenvalue weighted by Gasteiger charge is 2.27. The van der Waals surface area contributed by atoms with Crippen molar-refractivity contribution < 1.29 is 18.7 Å². The van der Waals surface area contributed by atoms with Gasteiger partial charge in [0.1, 0.15) is 12.4 Å². The van der Waals surface area contributed by atoms with Gasteiger partial charge in [-0.2, -0.15) is 0 Å². The van der Waals surface area contributed by atoms with Crippen molar-refractivity contribution >= 4 is 11.9 Å². The van der Waals surface area contributed by atoms with E-state index in [1.54, 1.807) is 17.0 Å². The molecule has 0 saturated carbocycles. The van der Waals surface area contributed by atoms with Gasteiger partial charge in [0, 0.05) is 20.0 Å². The second-order valence-electron chi connectivity index (χ2n) is 5.01. The molecule has 1 aliphatic rings. The van der Waals surface area contributed by atoms with Gasteiger partial charge >= 0.3 is 5.97 Å². The topological polar surface area (TPSA) is 46.6 Å². The first-order valence-electron chi connectivity index (χ1n) is 6.73. The number of rotatable bonds is 3. The Kier molecular flexibility index (Phi) is 4.71. The average Bonchev–Trinajstić information content (AvgIpc) is 2.46. The maximum absolute atomic E-state index is 12.7. The minimum atomic E-state index is -0.309. The van der Waals surface area contributed by atoms with Gasteiger partial charge in [0.2, 0.25) is 5.91 Å².